The van der Waals surface area contributed by atoms with E-state index in [1.807, 2.05) is 16.1 Å². The maximum Gasteiger partial charge on any atom is 0.229 e. The number of halogens is 1. The highest BCUT2D eigenvalue weighted by Crippen LogP contribution is 2.48. The highest BCUT2D eigenvalue weighted by Gasteiger charge is 2.41. The van der Waals surface area contributed by atoms with Gasteiger partial charge in [-0.25, -0.2) is 4.39 Å². The van der Waals surface area contributed by atoms with E-state index in [1.165, 1.54) is 28.9 Å². The largest absolute Gasteiger partial charge is 0.342 e. The zero-order valence-electron chi connectivity index (χ0n) is 17.5. The van der Waals surface area contributed by atoms with E-state index in [-0.39, 0.29) is 23.6 Å². The van der Waals surface area contributed by atoms with Crippen molar-refractivity contribution in [2.75, 3.05) is 18.1 Å². The molecule has 0 radical (unpaired) electrons. The molecule has 0 aromatic heterocycles. The van der Waals surface area contributed by atoms with E-state index in [9.17, 15) is 9.18 Å². The first-order valence-corrected chi connectivity index (χ1v) is 10.8. The lowest BCUT2D eigenvalue weighted by Crippen LogP contribution is -2.38. The molecule has 1 heterocycles. The maximum absolute atomic E-state index is 13.3. The van der Waals surface area contributed by atoms with E-state index in [0.29, 0.717) is 0 Å². The number of fused-ring (bicyclic) bond motifs is 1. The molecule has 154 valence electrons. The first-order valence-electron chi connectivity index (χ1n) is 10.8. The van der Waals surface area contributed by atoms with Gasteiger partial charge in [-0.15, -0.1) is 0 Å². The van der Waals surface area contributed by atoms with Crippen LogP contribution in [0, 0.1) is 17.7 Å². The second-order valence-corrected chi connectivity index (χ2v) is 8.14. The summed E-state index contributed by atoms with van der Waals surface area (Å²) in [5.41, 5.74) is 9.12. The number of allylic oxidation sites excluding steroid dienone is 3. The lowest BCUT2D eigenvalue weighted by molar-refractivity contribution is -0.134. The highest BCUT2D eigenvalue weighted by molar-refractivity contribution is 5.84. The molecule has 1 amide bonds. The number of carbonyl (C=O) groups is 1. The zero-order chi connectivity index (χ0) is 20.5. The Morgan fingerprint density at radius 2 is 2.03 bits per heavy atom. The molecule has 1 aromatic rings. The third-order valence-corrected chi connectivity index (χ3v) is 6.44. The molecular formula is C24H30FN3O. The molecule has 1 aliphatic heterocycles. The van der Waals surface area contributed by atoms with Gasteiger partial charge in [-0.1, -0.05) is 20.3 Å². The van der Waals surface area contributed by atoms with Crippen LogP contribution in [0.5, 0.6) is 0 Å². The molecule has 0 saturated carbocycles. The standard InChI is InChI=1S/C24H30FN3O/c1-4-6-13-27(5-2)24(29)20-12-7-17-14-22-21(16(3)23(17)20)15-26-28(22)19-10-8-18(25)9-11-19/h8-11,14-16,20,26H,4-7,12-13H2,1-3H3/t16-,20-/m0/s1. The van der Waals surface area contributed by atoms with Gasteiger partial charge in [-0.05, 0) is 67.7 Å². The number of nitrogens with zero attached hydrogens (tertiary/aromatic N) is 2. The van der Waals surface area contributed by atoms with E-state index in [0.717, 1.165) is 50.2 Å². The minimum absolute atomic E-state index is 0.00428. The summed E-state index contributed by atoms with van der Waals surface area (Å²) in [7, 11) is 0. The van der Waals surface area contributed by atoms with Crippen molar-refractivity contribution in [2.24, 2.45) is 11.8 Å². The first-order chi connectivity index (χ1) is 14.0. The smallest absolute Gasteiger partial charge is 0.229 e. The number of carbonyl (C=O) groups excluding carboxylic acids is 1. The van der Waals surface area contributed by atoms with Crippen LogP contribution in [0.3, 0.4) is 0 Å². The third-order valence-electron chi connectivity index (χ3n) is 6.44. The Bertz CT molecular complexity index is 884. The van der Waals surface area contributed by atoms with Gasteiger partial charge < -0.3 is 10.3 Å². The van der Waals surface area contributed by atoms with E-state index >= 15 is 0 Å². The predicted octanol–water partition coefficient (Wildman–Crippen LogP) is 4.92. The molecule has 1 aromatic carbocycles. The topological polar surface area (TPSA) is 35.6 Å². The van der Waals surface area contributed by atoms with E-state index < -0.39 is 0 Å². The van der Waals surface area contributed by atoms with Crippen LogP contribution >= 0.6 is 0 Å². The van der Waals surface area contributed by atoms with Crippen LogP contribution in [0.25, 0.3) is 0 Å². The number of amides is 1. The summed E-state index contributed by atoms with van der Waals surface area (Å²) in [5.74, 6) is 0.245. The monoisotopic (exact) mass is 395 g/mol. The quantitative estimate of drug-likeness (QED) is 0.742. The Morgan fingerprint density at radius 3 is 2.72 bits per heavy atom. The second kappa shape index (κ2) is 8.05. The highest BCUT2D eigenvalue weighted by atomic mass is 19.1. The molecule has 5 heteroatoms. The van der Waals surface area contributed by atoms with Gasteiger partial charge in [0.2, 0.25) is 5.91 Å². The number of benzene rings is 1. The molecule has 2 atom stereocenters. The molecular weight excluding hydrogens is 365 g/mol. The van der Waals surface area contributed by atoms with Crippen LogP contribution < -0.4 is 10.4 Å². The fraction of sp³-hybridized carbons (Fsp3) is 0.458. The van der Waals surface area contributed by atoms with Crippen LogP contribution in [0.2, 0.25) is 0 Å². The van der Waals surface area contributed by atoms with Crippen molar-refractivity contribution < 1.29 is 9.18 Å². The summed E-state index contributed by atoms with van der Waals surface area (Å²) in [6, 6.07) is 6.52. The fourth-order valence-corrected chi connectivity index (χ4v) is 4.85. The third kappa shape index (κ3) is 3.47. The second-order valence-electron chi connectivity index (χ2n) is 8.14. The molecule has 3 aliphatic rings. The van der Waals surface area contributed by atoms with Crippen molar-refractivity contribution in [1.82, 2.24) is 10.3 Å². The van der Waals surface area contributed by atoms with Gasteiger partial charge in [-0.2, -0.15) is 0 Å². The number of hydrazine groups is 1. The minimum Gasteiger partial charge on any atom is -0.342 e. The Kier molecular flexibility index (Phi) is 5.48. The number of nitrogens with one attached hydrogen (secondary N) is 1. The summed E-state index contributed by atoms with van der Waals surface area (Å²) < 4.78 is 13.3. The normalized spacial score (nSPS) is 22.7. The zero-order valence-corrected chi connectivity index (χ0v) is 17.5. The summed E-state index contributed by atoms with van der Waals surface area (Å²) in [4.78, 5) is 15.3. The molecule has 1 N–H and O–H groups in total. The maximum atomic E-state index is 13.3. The van der Waals surface area contributed by atoms with Gasteiger partial charge in [0.05, 0.1) is 17.3 Å². The number of unbranched alkanes of at least 4 members (excludes halogenated alkanes) is 1. The van der Waals surface area contributed by atoms with Gasteiger partial charge in [0.15, 0.2) is 0 Å². The molecule has 0 spiro atoms. The Balaban J connectivity index is 1.62. The molecule has 4 nitrogen and oxygen atoms in total. The summed E-state index contributed by atoms with van der Waals surface area (Å²) in [5, 5.41) is 2.00. The molecule has 0 fully saturated rings. The summed E-state index contributed by atoms with van der Waals surface area (Å²) >= 11 is 0. The van der Waals surface area contributed by atoms with Crippen LogP contribution in [-0.4, -0.2) is 23.9 Å². The molecule has 29 heavy (non-hydrogen) atoms. The van der Waals surface area contributed by atoms with Crippen molar-refractivity contribution in [1.29, 1.82) is 0 Å². The van der Waals surface area contributed by atoms with Crippen molar-refractivity contribution in [2.45, 2.75) is 46.5 Å². The van der Waals surface area contributed by atoms with Crippen molar-refractivity contribution in [3.05, 3.63) is 64.8 Å². The fourth-order valence-electron chi connectivity index (χ4n) is 4.85. The summed E-state index contributed by atoms with van der Waals surface area (Å²) in [6.45, 7) is 8.07. The van der Waals surface area contributed by atoms with Gasteiger partial charge in [-0.3, -0.25) is 9.80 Å². The molecule has 0 bridgehead atoms. The van der Waals surface area contributed by atoms with E-state index in [1.54, 1.807) is 12.1 Å². The molecule has 0 unspecified atom stereocenters. The minimum atomic E-state index is -0.238. The Hall–Kier alpha value is -2.56. The van der Waals surface area contributed by atoms with Crippen molar-refractivity contribution >= 4 is 11.6 Å². The lowest BCUT2D eigenvalue weighted by Gasteiger charge is -2.31. The number of hydrogen-bond acceptors (Lipinski definition) is 3. The van der Waals surface area contributed by atoms with Gasteiger partial charge in [0, 0.05) is 30.8 Å². The number of hydrogen-bond donors (Lipinski definition) is 1. The predicted molar refractivity (Wildman–Crippen MR) is 114 cm³/mol. The number of anilines is 1. The van der Waals surface area contributed by atoms with Crippen LogP contribution in [0.15, 0.2) is 59.0 Å². The van der Waals surface area contributed by atoms with Crippen molar-refractivity contribution in [3.63, 3.8) is 0 Å². The summed E-state index contributed by atoms with van der Waals surface area (Å²) in [6.07, 6.45) is 8.24. The van der Waals surface area contributed by atoms with E-state index in [2.05, 4.69) is 32.3 Å². The van der Waals surface area contributed by atoms with Crippen molar-refractivity contribution in [3.8, 4) is 0 Å². The van der Waals surface area contributed by atoms with Gasteiger partial charge in [0.25, 0.3) is 0 Å². The van der Waals surface area contributed by atoms with E-state index in [4.69, 9.17) is 0 Å². The molecule has 2 aliphatic carbocycles. The SMILES string of the molecule is CCCCN(CC)C(=O)[C@H]1CCC2=C1[C@@H](C)C1=CNN(c3ccc(F)cc3)C1=C2. The average molecular weight is 396 g/mol. The molecule has 0 saturated heterocycles. The first kappa shape index (κ1) is 19.7. The van der Waals surface area contributed by atoms with Crippen LogP contribution in [-0.2, 0) is 4.79 Å². The van der Waals surface area contributed by atoms with Crippen LogP contribution in [0.4, 0.5) is 10.1 Å². The number of rotatable bonds is 6. The average Bonchev–Trinajstić information content (AvgIpc) is 3.34. The van der Waals surface area contributed by atoms with Gasteiger partial charge in [0.1, 0.15) is 5.82 Å². The van der Waals surface area contributed by atoms with Gasteiger partial charge >= 0.3 is 0 Å². The van der Waals surface area contributed by atoms with Crippen LogP contribution in [0.1, 0.15) is 46.5 Å². The lowest BCUT2D eigenvalue weighted by atomic mass is 9.80. The Labute approximate surface area is 172 Å². The molecule has 4 rings (SSSR count). The Morgan fingerprint density at radius 1 is 1.28 bits per heavy atom.